The Morgan fingerprint density at radius 1 is 1.37 bits per heavy atom. The molecule has 0 radical (unpaired) electrons. The van der Waals surface area contributed by atoms with E-state index in [4.69, 9.17) is 5.11 Å². The summed E-state index contributed by atoms with van der Waals surface area (Å²) in [7, 11) is 0. The minimum absolute atomic E-state index is 0.0164. The van der Waals surface area contributed by atoms with E-state index in [9.17, 15) is 14.0 Å². The second-order valence-corrected chi connectivity index (χ2v) is 5.36. The van der Waals surface area contributed by atoms with E-state index >= 15 is 0 Å². The maximum absolute atomic E-state index is 13.3. The Morgan fingerprint density at radius 3 is 2.53 bits per heavy atom. The summed E-state index contributed by atoms with van der Waals surface area (Å²) in [6.45, 7) is 3.42. The van der Waals surface area contributed by atoms with Gasteiger partial charge in [0.15, 0.2) is 0 Å². The monoisotopic (exact) mass is 285 g/mol. The number of benzene rings is 1. The van der Waals surface area contributed by atoms with Gasteiger partial charge in [0, 0.05) is 4.90 Å². The van der Waals surface area contributed by atoms with Crippen molar-refractivity contribution < 1.29 is 19.1 Å². The van der Waals surface area contributed by atoms with Crippen LogP contribution in [0.2, 0.25) is 0 Å². The summed E-state index contributed by atoms with van der Waals surface area (Å²) in [4.78, 5) is 22.9. The number of halogens is 1. The molecule has 2 N–H and O–H groups in total. The molecule has 0 aromatic heterocycles. The number of carboxylic acid groups (broad SMARTS) is 1. The highest BCUT2D eigenvalue weighted by Gasteiger charge is 2.23. The van der Waals surface area contributed by atoms with Crippen LogP contribution in [0.1, 0.15) is 13.8 Å². The first-order valence-corrected chi connectivity index (χ1v) is 6.80. The number of thioether (sulfide) groups is 1. The highest BCUT2D eigenvalue weighted by Crippen LogP contribution is 2.20. The van der Waals surface area contributed by atoms with Crippen molar-refractivity contribution in [3.8, 4) is 0 Å². The van der Waals surface area contributed by atoms with E-state index in [1.807, 2.05) is 0 Å². The minimum atomic E-state index is -1.07. The third-order valence-electron chi connectivity index (χ3n) is 2.44. The molecule has 4 nitrogen and oxygen atoms in total. The number of nitrogens with one attached hydrogen (secondary N) is 1. The second kappa shape index (κ2) is 7.13. The fourth-order valence-corrected chi connectivity index (χ4v) is 2.18. The predicted molar refractivity (Wildman–Crippen MR) is 71.5 cm³/mol. The van der Waals surface area contributed by atoms with Crippen molar-refractivity contribution in [1.29, 1.82) is 0 Å². The largest absolute Gasteiger partial charge is 0.480 e. The van der Waals surface area contributed by atoms with Gasteiger partial charge in [-0.25, -0.2) is 9.18 Å². The van der Waals surface area contributed by atoms with Crippen LogP contribution in [0.4, 0.5) is 4.39 Å². The van der Waals surface area contributed by atoms with Crippen molar-refractivity contribution in [3.05, 3.63) is 30.1 Å². The smallest absolute Gasteiger partial charge is 0.326 e. The van der Waals surface area contributed by atoms with Crippen LogP contribution in [0, 0.1) is 11.7 Å². The van der Waals surface area contributed by atoms with Crippen molar-refractivity contribution in [3.63, 3.8) is 0 Å². The predicted octanol–water partition coefficient (Wildman–Crippen LogP) is 2.14. The van der Waals surface area contributed by atoms with E-state index in [1.54, 1.807) is 32.0 Å². The van der Waals surface area contributed by atoms with Gasteiger partial charge < -0.3 is 10.4 Å². The van der Waals surface area contributed by atoms with E-state index in [0.29, 0.717) is 4.90 Å². The third kappa shape index (κ3) is 4.90. The molecule has 0 fully saturated rings. The van der Waals surface area contributed by atoms with Gasteiger partial charge in [-0.05, 0) is 18.1 Å². The molecule has 0 aliphatic heterocycles. The lowest BCUT2D eigenvalue weighted by Gasteiger charge is -2.17. The number of hydrogen-bond donors (Lipinski definition) is 2. The molecule has 19 heavy (non-hydrogen) atoms. The summed E-state index contributed by atoms with van der Waals surface area (Å²) in [5, 5.41) is 11.4. The molecule has 6 heteroatoms. The Bertz CT molecular complexity index is 465. The molecule has 0 saturated carbocycles. The molecular weight excluding hydrogens is 269 g/mol. The number of hydrogen-bond acceptors (Lipinski definition) is 3. The molecule has 1 amide bonds. The third-order valence-corrected chi connectivity index (χ3v) is 3.49. The molecule has 1 aromatic carbocycles. The van der Waals surface area contributed by atoms with Crippen molar-refractivity contribution in [2.45, 2.75) is 24.8 Å². The molecule has 0 unspecified atom stereocenters. The van der Waals surface area contributed by atoms with Gasteiger partial charge in [-0.15, -0.1) is 11.8 Å². The first-order valence-electron chi connectivity index (χ1n) is 5.81. The van der Waals surface area contributed by atoms with E-state index in [-0.39, 0.29) is 17.5 Å². The normalized spacial score (nSPS) is 12.2. The fraction of sp³-hybridized carbons (Fsp3) is 0.385. The SMILES string of the molecule is CC(C)[C@@H](NC(=O)CSc1ccccc1F)C(=O)O. The van der Waals surface area contributed by atoms with Crippen LogP contribution in [-0.2, 0) is 9.59 Å². The first kappa shape index (κ1) is 15.5. The van der Waals surface area contributed by atoms with Crippen LogP contribution in [0.3, 0.4) is 0 Å². The maximum Gasteiger partial charge on any atom is 0.326 e. The van der Waals surface area contributed by atoms with Gasteiger partial charge in [-0.2, -0.15) is 0 Å². The van der Waals surface area contributed by atoms with Gasteiger partial charge in [-0.1, -0.05) is 26.0 Å². The highest BCUT2D eigenvalue weighted by atomic mass is 32.2. The average molecular weight is 285 g/mol. The summed E-state index contributed by atoms with van der Waals surface area (Å²) < 4.78 is 13.3. The van der Waals surface area contributed by atoms with Crippen LogP contribution >= 0.6 is 11.8 Å². The molecule has 1 atom stereocenters. The highest BCUT2D eigenvalue weighted by molar-refractivity contribution is 8.00. The van der Waals surface area contributed by atoms with Gasteiger partial charge in [0.05, 0.1) is 5.75 Å². The van der Waals surface area contributed by atoms with Crippen LogP contribution in [0.25, 0.3) is 0 Å². The zero-order valence-electron chi connectivity index (χ0n) is 10.7. The number of carbonyl (C=O) groups is 2. The number of aliphatic carboxylic acids is 1. The van der Waals surface area contributed by atoms with Crippen molar-refractivity contribution in [1.82, 2.24) is 5.32 Å². The Balaban J connectivity index is 2.52. The Morgan fingerprint density at radius 2 is 2.00 bits per heavy atom. The standard InChI is InChI=1S/C13H16FNO3S/c1-8(2)12(13(17)18)15-11(16)7-19-10-6-4-3-5-9(10)14/h3-6,8,12H,7H2,1-2H3,(H,15,16)(H,17,18)/t12-/m1/s1. The van der Waals surface area contributed by atoms with Gasteiger partial charge >= 0.3 is 5.97 Å². The molecule has 0 spiro atoms. The summed E-state index contributed by atoms with van der Waals surface area (Å²) in [5.41, 5.74) is 0. The summed E-state index contributed by atoms with van der Waals surface area (Å²) in [5.74, 6) is -2.11. The van der Waals surface area contributed by atoms with Gasteiger partial charge in [0.1, 0.15) is 11.9 Å². The van der Waals surface area contributed by atoms with Gasteiger partial charge in [-0.3, -0.25) is 4.79 Å². The van der Waals surface area contributed by atoms with Crippen molar-refractivity contribution >= 4 is 23.6 Å². The lowest BCUT2D eigenvalue weighted by Crippen LogP contribution is -2.45. The average Bonchev–Trinajstić information content (AvgIpc) is 2.34. The van der Waals surface area contributed by atoms with Crippen LogP contribution in [0.15, 0.2) is 29.2 Å². The molecule has 104 valence electrons. The lowest BCUT2D eigenvalue weighted by molar-refractivity contribution is -0.142. The number of amides is 1. The molecule has 1 rings (SSSR count). The molecule has 0 aliphatic rings. The van der Waals surface area contributed by atoms with Gasteiger partial charge in [0.25, 0.3) is 0 Å². The van der Waals surface area contributed by atoms with Crippen LogP contribution in [0.5, 0.6) is 0 Å². The number of carboxylic acids is 1. The van der Waals surface area contributed by atoms with Gasteiger partial charge in [0.2, 0.25) is 5.91 Å². The van der Waals surface area contributed by atoms with E-state index < -0.39 is 17.9 Å². The minimum Gasteiger partial charge on any atom is -0.480 e. The molecule has 0 heterocycles. The second-order valence-electron chi connectivity index (χ2n) is 4.35. The summed E-state index contributed by atoms with van der Waals surface area (Å²) >= 11 is 1.04. The fourth-order valence-electron chi connectivity index (χ4n) is 1.43. The maximum atomic E-state index is 13.3. The number of carbonyl (C=O) groups excluding carboxylic acids is 1. The van der Waals surface area contributed by atoms with Crippen LogP contribution in [-0.4, -0.2) is 28.8 Å². The first-order chi connectivity index (χ1) is 8.91. The number of rotatable bonds is 6. The summed E-state index contributed by atoms with van der Waals surface area (Å²) in [6, 6.07) is 5.21. The van der Waals surface area contributed by atoms with Crippen molar-refractivity contribution in [2.75, 3.05) is 5.75 Å². The van der Waals surface area contributed by atoms with E-state index in [0.717, 1.165) is 11.8 Å². The van der Waals surface area contributed by atoms with Crippen LogP contribution < -0.4 is 5.32 Å². The Labute approximate surface area is 115 Å². The zero-order valence-corrected chi connectivity index (χ0v) is 11.5. The molecule has 1 aromatic rings. The molecule has 0 saturated heterocycles. The lowest BCUT2D eigenvalue weighted by atomic mass is 10.1. The zero-order chi connectivity index (χ0) is 14.4. The topological polar surface area (TPSA) is 66.4 Å². The Hall–Kier alpha value is -1.56. The van der Waals surface area contributed by atoms with E-state index in [2.05, 4.69) is 5.32 Å². The molecular formula is C13H16FNO3S. The molecule has 0 bridgehead atoms. The Kier molecular flexibility index (Phi) is 5.82. The summed E-state index contributed by atoms with van der Waals surface area (Å²) in [6.07, 6.45) is 0. The quantitative estimate of drug-likeness (QED) is 0.786. The molecule has 0 aliphatic carbocycles. The van der Waals surface area contributed by atoms with E-state index in [1.165, 1.54) is 6.07 Å². The van der Waals surface area contributed by atoms with Crippen molar-refractivity contribution in [2.24, 2.45) is 5.92 Å².